The molecule has 0 radical (unpaired) electrons. The Labute approximate surface area is 391 Å². The minimum absolute atomic E-state index is 0.109. The number of nitrogens with zero attached hydrogens (tertiary/aromatic N) is 5. The number of allylic oxidation sites excluding steroid dienone is 1. The minimum Gasteiger partial charge on any atom is -0.412 e. The van der Waals surface area contributed by atoms with Crippen LogP contribution in [0.4, 0.5) is 37.2 Å². The van der Waals surface area contributed by atoms with Crippen molar-refractivity contribution in [2.75, 3.05) is 80.8 Å². The second-order valence-electron chi connectivity index (χ2n) is 18.1. The molecule has 1 aliphatic carbocycles. The lowest BCUT2D eigenvalue weighted by Gasteiger charge is -2.39. The number of pyridine rings is 1. The van der Waals surface area contributed by atoms with Gasteiger partial charge in [0.25, 0.3) is 21.6 Å². The first kappa shape index (κ1) is 46.3. The molecule has 5 heterocycles. The number of carbonyl (C=O) groups excluding carboxylic acids is 1. The zero-order valence-electron chi connectivity index (χ0n) is 37.0. The molecule has 0 bridgehead atoms. The van der Waals surface area contributed by atoms with Gasteiger partial charge in [-0.15, -0.1) is 0 Å². The number of nitro benzene ring substituents is 1. The summed E-state index contributed by atoms with van der Waals surface area (Å²) >= 11 is 6.25. The number of hydrogen-bond acceptors (Lipinski definition) is 13. The van der Waals surface area contributed by atoms with E-state index in [1.807, 2.05) is 16.9 Å². The number of sulfonamides is 1. The molecule has 1 atom stereocenters. The van der Waals surface area contributed by atoms with Gasteiger partial charge in [-0.3, -0.25) is 19.8 Å². The van der Waals surface area contributed by atoms with Crippen molar-refractivity contribution in [2.24, 2.45) is 5.41 Å². The quantitative estimate of drug-likeness (QED) is 0.0802. The molecule has 3 aromatic carbocycles. The van der Waals surface area contributed by atoms with Gasteiger partial charge in [-0.2, -0.15) is 13.8 Å². The number of aromatic amines is 1. The third kappa shape index (κ3) is 10.4. The lowest BCUT2D eigenvalue weighted by atomic mass is 9.72. The number of anilines is 4. The summed E-state index contributed by atoms with van der Waals surface area (Å²) in [5.41, 5.74) is 4.63. The van der Waals surface area contributed by atoms with E-state index in [-0.39, 0.29) is 53.1 Å². The highest BCUT2D eigenvalue weighted by molar-refractivity contribution is 7.90. The second kappa shape index (κ2) is 18.7. The highest BCUT2D eigenvalue weighted by atomic mass is 35.5. The van der Waals surface area contributed by atoms with Crippen molar-refractivity contribution in [1.29, 1.82) is 0 Å². The number of nitro groups is 1. The van der Waals surface area contributed by atoms with Crippen LogP contribution >= 0.6 is 11.6 Å². The van der Waals surface area contributed by atoms with Crippen molar-refractivity contribution in [3.05, 3.63) is 111 Å². The first-order valence-electron chi connectivity index (χ1n) is 22.2. The lowest BCUT2D eigenvalue weighted by Crippen LogP contribution is -2.47. The van der Waals surface area contributed by atoms with E-state index in [0.717, 1.165) is 37.9 Å². The number of carbonyl (C=O) groups is 1. The number of benzene rings is 3. The maximum atomic E-state index is 15.3. The normalized spacial score (nSPS) is 19.9. The number of hydrogen-bond donors (Lipinski definition) is 3. The van der Waals surface area contributed by atoms with Crippen molar-refractivity contribution >= 4 is 72.6 Å². The van der Waals surface area contributed by atoms with Crippen LogP contribution < -0.4 is 24.6 Å². The maximum absolute atomic E-state index is 15.3. The molecule has 9 rings (SSSR count). The summed E-state index contributed by atoms with van der Waals surface area (Å²) in [6.07, 6.45) is -0.106. The molecule has 0 spiro atoms. The molecule has 2 saturated heterocycles. The summed E-state index contributed by atoms with van der Waals surface area (Å²) in [7, 11) is -4.89. The summed E-state index contributed by atoms with van der Waals surface area (Å²) in [5.74, 6) is -1.52. The van der Waals surface area contributed by atoms with Crippen LogP contribution in [0.1, 0.15) is 55.5 Å². The van der Waals surface area contributed by atoms with E-state index in [0.29, 0.717) is 67.7 Å². The Morgan fingerprint density at radius 3 is 2.52 bits per heavy atom. The number of alkyl halides is 2. The minimum atomic E-state index is -4.89. The van der Waals surface area contributed by atoms with E-state index in [4.69, 9.17) is 25.8 Å². The fourth-order valence-electron chi connectivity index (χ4n) is 9.17. The van der Waals surface area contributed by atoms with Gasteiger partial charge in [0, 0.05) is 79.9 Å². The molecule has 2 aromatic heterocycles. The largest absolute Gasteiger partial charge is 0.412 e. The summed E-state index contributed by atoms with van der Waals surface area (Å²) in [6, 6.07) is 19.6. The molecule has 20 heteroatoms. The van der Waals surface area contributed by atoms with Gasteiger partial charge in [0.05, 0.1) is 48.5 Å². The van der Waals surface area contributed by atoms with Crippen LogP contribution in [0.2, 0.25) is 5.02 Å². The predicted octanol–water partition coefficient (Wildman–Crippen LogP) is 8.37. The summed E-state index contributed by atoms with van der Waals surface area (Å²) in [4.78, 5) is 38.4. The van der Waals surface area contributed by atoms with E-state index in [1.54, 1.807) is 30.5 Å². The fraction of sp³-hybridized carbons (Fsp3) is 0.404. The van der Waals surface area contributed by atoms with E-state index >= 15 is 8.78 Å². The lowest BCUT2D eigenvalue weighted by molar-refractivity contribution is -0.387. The van der Waals surface area contributed by atoms with Gasteiger partial charge < -0.3 is 34.3 Å². The molecule has 16 nitrogen and oxygen atoms in total. The number of rotatable bonds is 12. The van der Waals surface area contributed by atoms with Crippen molar-refractivity contribution in [3.63, 3.8) is 0 Å². The molecule has 3 N–H and O–H groups in total. The van der Waals surface area contributed by atoms with E-state index < -0.39 is 44.0 Å². The predicted molar refractivity (Wildman–Crippen MR) is 251 cm³/mol. The van der Waals surface area contributed by atoms with Crippen LogP contribution in [0.15, 0.2) is 89.5 Å². The summed E-state index contributed by atoms with van der Waals surface area (Å²) < 4.78 is 76.8. The number of aromatic nitrogens is 2. The SMILES string of the molecule is CC1(C)CCC(CN2CCN(c3ccc(C(=O)NS(=O)(=O)c4ccc(NC[C@@H]5COCCO5)cc4[N+](=O)[O-])c(N4CCC(F)(F)Oc5nc6[nH]ccc6cc54)c3)CC2)=C(c2ccc(Cl)cc2)C1. The second-order valence-corrected chi connectivity index (χ2v) is 20.2. The van der Waals surface area contributed by atoms with Crippen LogP contribution in [-0.4, -0.2) is 112 Å². The Balaban J connectivity index is 1.01. The van der Waals surface area contributed by atoms with E-state index in [2.05, 4.69) is 51.1 Å². The molecule has 1 amide bonds. The van der Waals surface area contributed by atoms with Crippen LogP contribution in [0, 0.1) is 15.5 Å². The molecule has 0 saturated carbocycles. The molecule has 2 fully saturated rings. The summed E-state index contributed by atoms with van der Waals surface area (Å²) in [6.45, 7) is 9.13. The van der Waals surface area contributed by atoms with Crippen LogP contribution in [0.3, 0.4) is 0 Å². The zero-order valence-corrected chi connectivity index (χ0v) is 38.6. The molecule has 3 aliphatic heterocycles. The number of amides is 1. The van der Waals surface area contributed by atoms with Crippen molar-refractivity contribution in [3.8, 4) is 5.88 Å². The summed E-state index contributed by atoms with van der Waals surface area (Å²) in [5, 5.41) is 16.6. The van der Waals surface area contributed by atoms with Crippen molar-refractivity contribution in [2.45, 2.75) is 56.6 Å². The highest BCUT2D eigenvalue weighted by Gasteiger charge is 2.40. The first-order chi connectivity index (χ1) is 32.0. The Hall–Kier alpha value is -5.86. The number of nitrogens with one attached hydrogen (secondary N) is 3. The average Bonchev–Trinajstić information content (AvgIpc) is 3.71. The molecule has 5 aromatic rings. The number of halogens is 3. The van der Waals surface area contributed by atoms with Crippen LogP contribution in [0.25, 0.3) is 16.6 Å². The van der Waals surface area contributed by atoms with Gasteiger partial charge in [-0.25, -0.2) is 13.1 Å². The molecular weight excluding hydrogens is 910 g/mol. The van der Waals surface area contributed by atoms with Crippen molar-refractivity contribution in [1.82, 2.24) is 19.6 Å². The molecular formula is C47H51ClF2N8O8S. The average molecular weight is 961 g/mol. The smallest absolute Gasteiger partial charge is 0.400 e. The zero-order chi connectivity index (χ0) is 47.1. The molecule has 0 unspecified atom stereocenters. The van der Waals surface area contributed by atoms with E-state index in [1.165, 1.54) is 33.7 Å². The van der Waals surface area contributed by atoms with E-state index in [9.17, 15) is 23.3 Å². The Morgan fingerprint density at radius 1 is 0.985 bits per heavy atom. The standard InChI is InChI=1S/C47H51ClF2N8O8S/c1-46(2)13-11-32(38(26-46)30-3-5-33(48)6-4-30)28-55-17-19-56(20-18-55)35-8-9-37(39(25-35)57-16-14-47(49,50)66-45-41(57)23-31-12-15-51-43(31)53-45)44(59)54-67(62,63)42-10-7-34(24-40(42)58(60)61)52-27-36-29-64-21-22-65-36/h3-10,12,15,23-25,36,52H,11,13-14,16-22,26-29H2,1-2H3,(H,51,53)(H,54,59)/t36-/m1/s1. The third-order valence-electron chi connectivity index (χ3n) is 12.8. The van der Waals surface area contributed by atoms with Gasteiger partial charge in [0.15, 0.2) is 4.90 Å². The van der Waals surface area contributed by atoms with Gasteiger partial charge >= 0.3 is 6.11 Å². The maximum Gasteiger partial charge on any atom is 0.400 e. The number of piperazine rings is 1. The highest BCUT2D eigenvalue weighted by Crippen LogP contribution is 2.45. The van der Waals surface area contributed by atoms with Gasteiger partial charge in [-0.1, -0.05) is 43.2 Å². The molecule has 354 valence electrons. The number of fused-ring (bicyclic) bond motifs is 2. The fourth-order valence-corrected chi connectivity index (χ4v) is 10.4. The van der Waals surface area contributed by atoms with Crippen LogP contribution in [0.5, 0.6) is 5.88 Å². The molecule has 4 aliphatic rings. The monoisotopic (exact) mass is 960 g/mol. The van der Waals surface area contributed by atoms with Crippen LogP contribution in [-0.2, 0) is 19.5 Å². The number of H-pyrrole nitrogens is 1. The first-order valence-corrected chi connectivity index (χ1v) is 24.1. The Kier molecular flexibility index (Phi) is 12.9. The van der Waals surface area contributed by atoms with Gasteiger partial charge in [-0.05, 0) is 90.4 Å². The topological polar surface area (TPSA) is 185 Å². The third-order valence-corrected chi connectivity index (χ3v) is 14.4. The van der Waals surface area contributed by atoms with Crippen molar-refractivity contribution < 1.29 is 41.1 Å². The number of ether oxygens (including phenoxy) is 3. The Bertz CT molecular complexity index is 2830. The van der Waals surface area contributed by atoms with Gasteiger partial charge in [0.1, 0.15) is 11.3 Å². The van der Waals surface area contributed by atoms with Gasteiger partial charge in [0.2, 0.25) is 5.88 Å². The Morgan fingerprint density at radius 2 is 1.78 bits per heavy atom. The molecule has 67 heavy (non-hydrogen) atoms.